The molecular formula is C12H15BrN2O2. The molecule has 0 bridgehead atoms. The van der Waals surface area contributed by atoms with Crippen molar-refractivity contribution in [3.05, 3.63) is 28.2 Å². The molecule has 4 nitrogen and oxygen atoms in total. The Morgan fingerprint density at radius 2 is 2.18 bits per heavy atom. The first-order valence-corrected chi connectivity index (χ1v) is 6.36. The second-order valence-electron chi connectivity index (χ2n) is 4.29. The van der Waals surface area contributed by atoms with Gasteiger partial charge in [-0.2, -0.15) is 0 Å². The van der Waals surface area contributed by atoms with E-state index in [4.69, 9.17) is 16.2 Å². The fourth-order valence-electron chi connectivity index (χ4n) is 1.98. The van der Waals surface area contributed by atoms with Crippen molar-refractivity contribution in [1.82, 2.24) is 0 Å². The van der Waals surface area contributed by atoms with Gasteiger partial charge in [0.15, 0.2) is 0 Å². The van der Waals surface area contributed by atoms with Gasteiger partial charge >= 0.3 is 0 Å². The minimum atomic E-state index is -0.484. The minimum Gasteiger partial charge on any atom is -0.490 e. The Morgan fingerprint density at radius 3 is 2.76 bits per heavy atom. The van der Waals surface area contributed by atoms with Crippen molar-refractivity contribution >= 4 is 21.8 Å². The van der Waals surface area contributed by atoms with Crippen LogP contribution in [0.2, 0.25) is 0 Å². The molecule has 1 aromatic carbocycles. The van der Waals surface area contributed by atoms with Crippen molar-refractivity contribution in [2.45, 2.75) is 18.9 Å². The lowest BCUT2D eigenvalue weighted by atomic mass is 9.82. The number of halogens is 1. The Hall–Kier alpha value is -1.07. The van der Waals surface area contributed by atoms with E-state index in [1.807, 2.05) is 6.07 Å². The number of amides is 1. The van der Waals surface area contributed by atoms with Crippen LogP contribution in [0.1, 0.15) is 23.2 Å². The quantitative estimate of drug-likeness (QED) is 0.887. The number of rotatable bonds is 4. The Morgan fingerprint density at radius 1 is 1.47 bits per heavy atom. The Bertz CT molecular complexity index is 431. The second kappa shape index (κ2) is 5.06. The zero-order valence-electron chi connectivity index (χ0n) is 9.36. The van der Waals surface area contributed by atoms with Gasteiger partial charge in [-0.1, -0.05) is 6.07 Å². The first kappa shape index (κ1) is 12.4. The van der Waals surface area contributed by atoms with Gasteiger partial charge in [-0.25, -0.2) is 0 Å². The topological polar surface area (TPSA) is 78.3 Å². The van der Waals surface area contributed by atoms with Crippen LogP contribution in [0.3, 0.4) is 0 Å². The number of hydrogen-bond donors (Lipinski definition) is 2. The smallest absolute Gasteiger partial charge is 0.253 e. The second-order valence-corrected chi connectivity index (χ2v) is 5.14. The summed E-state index contributed by atoms with van der Waals surface area (Å²) in [7, 11) is 0. The summed E-state index contributed by atoms with van der Waals surface area (Å²) in [6, 6.07) is 5.36. The molecule has 0 saturated heterocycles. The summed E-state index contributed by atoms with van der Waals surface area (Å²) >= 11 is 3.30. The zero-order valence-corrected chi connectivity index (χ0v) is 10.9. The van der Waals surface area contributed by atoms with Crippen LogP contribution < -0.4 is 16.2 Å². The van der Waals surface area contributed by atoms with Gasteiger partial charge in [0.05, 0.1) is 11.7 Å². The highest BCUT2D eigenvalue weighted by Crippen LogP contribution is 2.33. The molecule has 1 amide bonds. The normalized spacial score (nSPS) is 22.9. The molecule has 92 valence electrons. The summed E-state index contributed by atoms with van der Waals surface area (Å²) in [6.45, 7) is 0.695. The fraction of sp³-hybridized carbons (Fsp3) is 0.417. The van der Waals surface area contributed by atoms with E-state index >= 15 is 0 Å². The third-order valence-corrected chi connectivity index (χ3v) is 3.70. The SMILES string of the molecule is NCC1CC(Oc2cccc(Br)c2C(N)=O)C1. The van der Waals surface area contributed by atoms with Gasteiger partial charge in [0.1, 0.15) is 5.75 Å². The van der Waals surface area contributed by atoms with Gasteiger partial charge in [0.25, 0.3) is 5.91 Å². The highest BCUT2D eigenvalue weighted by Gasteiger charge is 2.30. The van der Waals surface area contributed by atoms with Crippen LogP contribution >= 0.6 is 15.9 Å². The van der Waals surface area contributed by atoms with Crippen molar-refractivity contribution in [2.75, 3.05) is 6.54 Å². The first-order valence-electron chi connectivity index (χ1n) is 5.57. The third kappa shape index (κ3) is 2.61. The summed E-state index contributed by atoms with van der Waals surface area (Å²) in [5, 5.41) is 0. The lowest BCUT2D eigenvalue weighted by Crippen LogP contribution is -2.38. The van der Waals surface area contributed by atoms with E-state index in [0.29, 0.717) is 28.2 Å². The van der Waals surface area contributed by atoms with Gasteiger partial charge in [0, 0.05) is 4.47 Å². The number of nitrogens with two attached hydrogens (primary N) is 2. The summed E-state index contributed by atoms with van der Waals surface area (Å²) < 4.78 is 6.43. The molecule has 2 rings (SSSR count). The molecule has 1 aromatic rings. The van der Waals surface area contributed by atoms with Crippen molar-refractivity contribution < 1.29 is 9.53 Å². The van der Waals surface area contributed by atoms with Crippen LogP contribution in [0.4, 0.5) is 0 Å². The van der Waals surface area contributed by atoms with E-state index in [0.717, 1.165) is 12.8 Å². The molecule has 5 heteroatoms. The Kier molecular flexibility index (Phi) is 3.69. The molecule has 0 aromatic heterocycles. The summed E-state index contributed by atoms with van der Waals surface area (Å²) in [4.78, 5) is 11.3. The average Bonchev–Trinajstić information content (AvgIpc) is 2.22. The van der Waals surface area contributed by atoms with Crippen molar-refractivity contribution in [3.8, 4) is 5.75 Å². The highest BCUT2D eigenvalue weighted by atomic mass is 79.9. The van der Waals surface area contributed by atoms with Crippen molar-refractivity contribution in [3.63, 3.8) is 0 Å². The predicted octanol–water partition coefficient (Wildman–Crippen LogP) is 1.66. The van der Waals surface area contributed by atoms with E-state index in [1.165, 1.54) is 0 Å². The maximum absolute atomic E-state index is 11.3. The average molecular weight is 299 g/mol. The van der Waals surface area contributed by atoms with Crippen LogP contribution in [-0.2, 0) is 0 Å². The molecule has 0 heterocycles. The highest BCUT2D eigenvalue weighted by molar-refractivity contribution is 9.10. The monoisotopic (exact) mass is 298 g/mol. The maximum atomic E-state index is 11.3. The van der Waals surface area contributed by atoms with Gasteiger partial charge < -0.3 is 16.2 Å². The molecule has 4 N–H and O–H groups in total. The fourth-order valence-corrected chi connectivity index (χ4v) is 2.53. The summed E-state index contributed by atoms with van der Waals surface area (Å²) in [5.41, 5.74) is 11.3. The molecule has 0 spiro atoms. The van der Waals surface area contributed by atoms with Crippen molar-refractivity contribution in [1.29, 1.82) is 0 Å². The molecule has 0 radical (unpaired) electrons. The van der Waals surface area contributed by atoms with Gasteiger partial charge in [-0.3, -0.25) is 4.79 Å². The van der Waals surface area contributed by atoms with E-state index in [-0.39, 0.29) is 6.10 Å². The lowest BCUT2D eigenvalue weighted by molar-refractivity contribution is 0.0673. The number of carbonyl (C=O) groups excluding carboxylic acids is 1. The van der Waals surface area contributed by atoms with E-state index in [2.05, 4.69) is 15.9 Å². The Balaban J connectivity index is 2.11. The predicted molar refractivity (Wildman–Crippen MR) is 68.9 cm³/mol. The number of benzene rings is 1. The Labute approximate surface area is 108 Å². The van der Waals surface area contributed by atoms with Crippen LogP contribution in [0.5, 0.6) is 5.75 Å². The molecule has 1 saturated carbocycles. The van der Waals surface area contributed by atoms with Gasteiger partial charge in [-0.05, 0) is 53.4 Å². The van der Waals surface area contributed by atoms with Crippen LogP contribution in [0, 0.1) is 5.92 Å². The minimum absolute atomic E-state index is 0.149. The molecule has 1 fully saturated rings. The van der Waals surface area contributed by atoms with Crippen LogP contribution in [-0.4, -0.2) is 18.6 Å². The van der Waals surface area contributed by atoms with Crippen LogP contribution in [0.25, 0.3) is 0 Å². The molecular weight excluding hydrogens is 284 g/mol. The maximum Gasteiger partial charge on any atom is 0.253 e. The van der Waals surface area contributed by atoms with Gasteiger partial charge in [-0.15, -0.1) is 0 Å². The molecule has 17 heavy (non-hydrogen) atoms. The number of hydrogen-bond acceptors (Lipinski definition) is 3. The first-order chi connectivity index (χ1) is 8.11. The molecule has 1 aliphatic carbocycles. The third-order valence-electron chi connectivity index (χ3n) is 3.04. The van der Waals surface area contributed by atoms with E-state index in [9.17, 15) is 4.79 Å². The number of primary amides is 1. The van der Waals surface area contributed by atoms with E-state index < -0.39 is 5.91 Å². The largest absolute Gasteiger partial charge is 0.490 e. The van der Waals surface area contributed by atoms with Crippen molar-refractivity contribution in [2.24, 2.45) is 17.4 Å². The lowest BCUT2D eigenvalue weighted by Gasteiger charge is -2.34. The number of ether oxygens (including phenoxy) is 1. The number of carbonyl (C=O) groups is 1. The summed E-state index contributed by atoms with van der Waals surface area (Å²) in [6.07, 6.45) is 2.04. The zero-order chi connectivity index (χ0) is 12.4. The summed E-state index contributed by atoms with van der Waals surface area (Å²) in [5.74, 6) is 0.610. The molecule has 0 atom stereocenters. The van der Waals surface area contributed by atoms with Gasteiger partial charge in [0.2, 0.25) is 0 Å². The molecule has 0 unspecified atom stereocenters. The van der Waals surface area contributed by atoms with E-state index in [1.54, 1.807) is 12.1 Å². The standard InChI is InChI=1S/C12H15BrN2O2/c13-9-2-1-3-10(11(9)12(15)16)17-8-4-7(5-8)6-14/h1-3,7-8H,4-6,14H2,(H2,15,16). The molecule has 1 aliphatic rings. The molecule has 0 aliphatic heterocycles. The van der Waals surface area contributed by atoms with Crippen LogP contribution in [0.15, 0.2) is 22.7 Å².